The molecule has 0 fully saturated rings. The molecule has 0 aliphatic rings. The van der Waals surface area contributed by atoms with E-state index in [1.807, 2.05) is 26.8 Å². The Hall–Kier alpha value is -1.45. The molecule has 0 atom stereocenters. The minimum Gasteiger partial charge on any atom is -0.259 e. The number of aryl methyl sites for hydroxylation is 1. The van der Waals surface area contributed by atoms with Crippen LogP contribution in [0, 0.1) is 6.92 Å². The molecule has 12 heavy (non-hydrogen) atoms. The fourth-order valence-corrected chi connectivity index (χ4v) is 0.903. The van der Waals surface area contributed by atoms with Crippen molar-refractivity contribution >= 4 is 11.0 Å². The van der Waals surface area contributed by atoms with Crippen LogP contribution in [0.2, 0.25) is 0 Å². The van der Waals surface area contributed by atoms with Gasteiger partial charge in [0, 0.05) is 5.39 Å². The van der Waals surface area contributed by atoms with Gasteiger partial charge >= 0.3 is 0 Å². The van der Waals surface area contributed by atoms with Gasteiger partial charge in [-0.2, -0.15) is 10.2 Å². The molecular formula is C8H12N4. The van der Waals surface area contributed by atoms with E-state index in [2.05, 4.69) is 20.4 Å². The summed E-state index contributed by atoms with van der Waals surface area (Å²) in [7, 11) is 0. The minimum absolute atomic E-state index is 0.750. The third-order valence-corrected chi connectivity index (χ3v) is 1.44. The Balaban J connectivity index is 0.000000336. The van der Waals surface area contributed by atoms with Gasteiger partial charge in [-0.1, -0.05) is 13.8 Å². The molecule has 0 saturated heterocycles. The lowest BCUT2D eigenvalue weighted by Crippen LogP contribution is -1.78. The third-order valence-electron chi connectivity index (χ3n) is 1.44. The van der Waals surface area contributed by atoms with Gasteiger partial charge in [0.25, 0.3) is 0 Å². The van der Waals surface area contributed by atoms with Crippen molar-refractivity contribution in [2.24, 2.45) is 0 Å². The molecule has 0 aliphatic heterocycles. The molecule has 1 N–H and O–H groups in total. The number of aromatic nitrogens is 4. The van der Waals surface area contributed by atoms with Crippen molar-refractivity contribution in [1.29, 1.82) is 0 Å². The smallest absolute Gasteiger partial charge is 0.178 e. The average Bonchev–Trinajstić information content (AvgIpc) is 2.53. The number of aromatic amines is 1. The van der Waals surface area contributed by atoms with Crippen LogP contribution in [0.15, 0.2) is 12.3 Å². The molecule has 64 valence electrons. The number of fused-ring (bicyclic) bond motifs is 1. The van der Waals surface area contributed by atoms with E-state index in [0.717, 1.165) is 16.7 Å². The topological polar surface area (TPSA) is 54.5 Å². The van der Waals surface area contributed by atoms with Gasteiger partial charge < -0.3 is 0 Å². The molecule has 0 bridgehead atoms. The molecule has 0 radical (unpaired) electrons. The van der Waals surface area contributed by atoms with Crippen LogP contribution in [0.25, 0.3) is 11.0 Å². The SMILES string of the molecule is CC.Cc1n[nH]c2nnccc12. The first-order valence-corrected chi connectivity index (χ1v) is 4.00. The van der Waals surface area contributed by atoms with Gasteiger partial charge in [-0.05, 0) is 13.0 Å². The number of nitrogens with one attached hydrogen (secondary N) is 1. The summed E-state index contributed by atoms with van der Waals surface area (Å²) in [6.45, 7) is 5.93. The molecule has 2 rings (SSSR count). The highest BCUT2D eigenvalue weighted by Gasteiger charge is 1.98. The molecule has 0 spiro atoms. The van der Waals surface area contributed by atoms with Gasteiger partial charge in [-0.3, -0.25) is 5.10 Å². The van der Waals surface area contributed by atoms with Crippen molar-refractivity contribution in [2.45, 2.75) is 20.8 Å². The zero-order valence-electron chi connectivity index (χ0n) is 7.50. The van der Waals surface area contributed by atoms with Crippen molar-refractivity contribution < 1.29 is 0 Å². The average molecular weight is 164 g/mol. The fourth-order valence-electron chi connectivity index (χ4n) is 0.903. The Morgan fingerprint density at radius 3 is 2.75 bits per heavy atom. The fraction of sp³-hybridized carbons (Fsp3) is 0.375. The summed E-state index contributed by atoms with van der Waals surface area (Å²) in [5, 5.41) is 15.3. The second-order valence-electron chi connectivity index (χ2n) is 2.10. The first-order valence-electron chi connectivity index (χ1n) is 4.00. The molecular weight excluding hydrogens is 152 g/mol. The Morgan fingerprint density at radius 2 is 2.08 bits per heavy atom. The standard InChI is InChI=1S/C6H6N4.C2H6/c1-4-5-2-3-7-9-6(5)10-8-4;1-2/h2-3H,1H3,(H,8,9,10);1-2H3. The summed E-state index contributed by atoms with van der Waals surface area (Å²) in [6, 6.07) is 1.89. The molecule has 0 amide bonds. The Bertz CT molecular complexity index is 353. The first kappa shape index (κ1) is 8.64. The number of rotatable bonds is 0. The van der Waals surface area contributed by atoms with Gasteiger partial charge in [0.05, 0.1) is 11.9 Å². The van der Waals surface area contributed by atoms with Crippen molar-refractivity contribution in [3.63, 3.8) is 0 Å². The maximum absolute atomic E-state index is 3.97. The summed E-state index contributed by atoms with van der Waals surface area (Å²) in [4.78, 5) is 0. The Kier molecular flexibility index (Phi) is 2.74. The van der Waals surface area contributed by atoms with E-state index in [-0.39, 0.29) is 0 Å². The van der Waals surface area contributed by atoms with Crippen LogP contribution >= 0.6 is 0 Å². The van der Waals surface area contributed by atoms with Crippen molar-refractivity contribution in [3.8, 4) is 0 Å². The number of nitrogens with zero attached hydrogens (tertiary/aromatic N) is 3. The summed E-state index contributed by atoms with van der Waals surface area (Å²) < 4.78 is 0. The molecule has 2 aromatic heterocycles. The monoisotopic (exact) mass is 164 g/mol. The van der Waals surface area contributed by atoms with Gasteiger partial charge in [0.2, 0.25) is 0 Å². The lowest BCUT2D eigenvalue weighted by Gasteiger charge is -1.82. The molecule has 2 heterocycles. The highest BCUT2D eigenvalue weighted by atomic mass is 15.2. The van der Waals surface area contributed by atoms with Gasteiger partial charge in [-0.25, -0.2) is 0 Å². The summed E-state index contributed by atoms with van der Waals surface area (Å²) in [5.41, 5.74) is 1.71. The second kappa shape index (κ2) is 3.80. The van der Waals surface area contributed by atoms with Crippen LogP contribution in [0.1, 0.15) is 19.5 Å². The molecule has 0 aromatic carbocycles. The predicted octanol–water partition coefficient (Wildman–Crippen LogP) is 1.69. The first-order chi connectivity index (χ1) is 5.88. The van der Waals surface area contributed by atoms with E-state index in [9.17, 15) is 0 Å². The minimum atomic E-state index is 0.750. The normalized spacial score (nSPS) is 9.25. The highest BCUT2D eigenvalue weighted by molar-refractivity contribution is 5.76. The molecule has 0 unspecified atom stereocenters. The maximum Gasteiger partial charge on any atom is 0.178 e. The van der Waals surface area contributed by atoms with Crippen molar-refractivity contribution in [1.82, 2.24) is 20.4 Å². The number of hydrogen-bond donors (Lipinski definition) is 1. The van der Waals surface area contributed by atoms with Gasteiger partial charge in [-0.15, -0.1) is 5.10 Å². The van der Waals surface area contributed by atoms with E-state index in [0.29, 0.717) is 0 Å². The second-order valence-corrected chi connectivity index (χ2v) is 2.10. The predicted molar refractivity (Wildman–Crippen MR) is 47.8 cm³/mol. The molecule has 0 saturated carbocycles. The zero-order chi connectivity index (χ0) is 8.97. The van der Waals surface area contributed by atoms with Crippen LogP contribution in [0.4, 0.5) is 0 Å². The third kappa shape index (κ3) is 1.42. The van der Waals surface area contributed by atoms with E-state index in [1.165, 1.54) is 0 Å². The van der Waals surface area contributed by atoms with Crippen LogP contribution in [0.5, 0.6) is 0 Å². The van der Waals surface area contributed by atoms with Crippen molar-refractivity contribution in [2.75, 3.05) is 0 Å². The molecule has 4 heteroatoms. The zero-order valence-corrected chi connectivity index (χ0v) is 7.50. The molecule has 4 nitrogen and oxygen atoms in total. The van der Waals surface area contributed by atoms with Crippen LogP contribution in [-0.4, -0.2) is 20.4 Å². The van der Waals surface area contributed by atoms with Gasteiger partial charge in [0.1, 0.15) is 0 Å². The van der Waals surface area contributed by atoms with Crippen LogP contribution in [0.3, 0.4) is 0 Å². The van der Waals surface area contributed by atoms with E-state index in [4.69, 9.17) is 0 Å². The summed E-state index contributed by atoms with van der Waals surface area (Å²) in [6.07, 6.45) is 1.66. The van der Waals surface area contributed by atoms with E-state index in [1.54, 1.807) is 6.20 Å². The highest BCUT2D eigenvalue weighted by Crippen LogP contribution is 2.08. The summed E-state index contributed by atoms with van der Waals surface area (Å²) in [5.74, 6) is 0. The Labute approximate surface area is 71.0 Å². The number of hydrogen-bond acceptors (Lipinski definition) is 3. The van der Waals surface area contributed by atoms with Crippen LogP contribution in [-0.2, 0) is 0 Å². The van der Waals surface area contributed by atoms with Gasteiger partial charge in [0.15, 0.2) is 5.65 Å². The molecule has 0 aliphatic carbocycles. The van der Waals surface area contributed by atoms with Crippen LogP contribution < -0.4 is 0 Å². The summed E-state index contributed by atoms with van der Waals surface area (Å²) >= 11 is 0. The number of H-pyrrole nitrogens is 1. The van der Waals surface area contributed by atoms with E-state index >= 15 is 0 Å². The molecule has 2 aromatic rings. The van der Waals surface area contributed by atoms with E-state index < -0.39 is 0 Å². The lowest BCUT2D eigenvalue weighted by atomic mass is 10.3. The lowest BCUT2D eigenvalue weighted by molar-refractivity contribution is 1.01. The Morgan fingerprint density at radius 1 is 1.33 bits per heavy atom. The largest absolute Gasteiger partial charge is 0.259 e. The quantitative estimate of drug-likeness (QED) is 0.644. The maximum atomic E-state index is 3.97. The van der Waals surface area contributed by atoms with Crippen molar-refractivity contribution in [3.05, 3.63) is 18.0 Å².